The Bertz CT molecular complexity index is 1820. The molecular weight excluding hydrogens is 1040 g/mol. The van der Waals surface area contributed by atoms with Crippen molar-refractivity contribution < 1.29 is 154 Å². The molecule has 0 bridgehead atoms. The summed E-state index contributed by atoms with van der Waals surface area (Å²) in [5.74, 6) is -2.48. The van der Waals surface area contributed by atoms with Crippen LogP contribution in [0.2, 0.25) is 0 Å². The Hall–Kier alpha value is -2.71. The fourth-order valence-corrected chi connectivity index (χ4v) is 9.32. The van der Waals surface area contributed by atoms with Crippen molar-refractivity contribution >= 4 is 17.7 Å². The van der Waals surface area contributed by atoms with Gasteiger partial charge in [-0.1, -0.05) is 0 Å². The summed E-state index contributed by atoms with van der Waals surface area (Å²) in [7, 11) is 0. The molecule has 0 aromatic heterocycles. The number of carbonyl (C=O) groups is 3. The number of nitrogens with one attached hydrogen (secondary N) is 3. The first-order valence-electron chi connectivity index (χ1n) is 24.0. The zero-order valence-electron chi connectivity index (χ0n) is 41.0. The second-order valence-corrected chi connectivity index (χ2v) is 18.7. The third kappa shape index (κ3) is 14.6. The molecule has 5 heterocycles. The minimum Gasteiger partial charge on any atom is -0.394 e. The van der Waals surface area contributed by atoms with Crippen LogP contribution in [0.4, 0.5) is 0 Å². The molecule has 5 aliphatic heterocycles. The van der Waals surface area contributed by atoms with Crippen molar-refractivity contribution in [2.75, 3.05) is 46.2 Å². The number of amides is 3. The van der Waals surface area contributed by atoms with Gasteiger partial charge in [-0.15, -0.1) is 0 Å². The van der Waals surface area contributed by atoms with Crippen molar-refractivity contribution in [3.05, 3.63) is 0 Å². The number of aliphatic hydroxyl groups excluding tert-OH is 18. The Labute approximate surface area is 431 Å². The van der Waals surface area contributed by atoms with Crippen LogP contribution in [0, 0.1) is 0 Å². The van der Waals surface area contributed by atoms with E-state index in [0.717, 1.165) is 20.8 Å². The van der Waals surface area contributed by atoms with Crippen LogP contribution in [0.15, 0.2) is 0 Å². The highest BCUT2D eigenvalue weighted by molar-refractivity contribution is 5.74. The third-order valence-corrected chi connectivity index (χ3v) is 13.3. The van der Waals surface area contributed by atoms with Gasteiger partial charge in [0.1, 0.15) is 140 Å². The van der Waals surface area contributed by atoms with Crippen molar-refractivity contribution in [3.63, 3.8) is 0 Å². The third-order valence-electron chi connectivity index (χ3n) is 13.3. The van der Waals surface area contributed by atoms with Gasteiger partial charge in [0.05, 0.1) is 52.3 Å². The lowest BCUT2D eigenvalue weighted by atomic mass is 9.94. The van der Waals surface area contributed by atoms with E-state index in [9.17, 15) is 106 Å². The maximum Gasteiger partial charge on any atom is 0.217 e. The lowest BCUT2D eigenvalue weighted by Crippen LogP contribution is -2.70. The van der Waals surface area contributed by atoms with Gasteiger partial charge in [-0.05, 0) is 0 Å². The second kappa shape index (κ2) is 28.6. The molecule has 3 amide bonds. The first-order valence-corrected chi connectivity index (χ1v) is 24.0. The minimum atomic E-state index is -2.23. The molecule has 0 aromatic rings. The highest BCUT2D eigenvalue weighted by atomic mass is 16.8. The highest BCUT2D eigenvalue weighted by Gasteiger charge is 2.58. The normalized spacial score (nSPS) is 43.8. The molecule has 29 atom stereocenters. The van der Waals surface area contributed by atoms with Crippen LogP contribution in [0.5, 0.6) is 0 Å². The first kappa shape index (κ1) is 64.1. The summed E-state index contributed by atoms with van der Waals surface area (Å²) >= 11 is 0. The predicted octanol–water partition coefficient (Wildman–Crippen LogP) is -14.0. The number of ether oxygens (including phenoxy) is 10. The van der Waals surface area contributed by atoms with Crippen molar-refractivity contribution in [2.45, 2.75) is 199 Å². The van der Waals surface area contributed by atoms with Gasteiger partial charge in [0.15, 0.2) is 31.5 Å². The van der Waals surface area contributed by atoms with E-state index in [-0.39, 0.29) is 0 Å². The van der Waals surface area contributed by atoms with Crippen LogP contribution in [-0.4, -0.2) is 334 Å². The van der Waals surface area contributed by atoms with Gasteiger partial charge in [0.25, 0.3) is 0 Å². The summed E-state index contributed by atoms with van der Waals surface area (Å²) in [4.78, 5) is 37.1. The molecule has 5 saturated heterocycles. The summed E-state index contributed by atoms with van der Waals surface area (Å²) in [5.41, 5.74) is 0. The van der Waals surface area contributed by atoms with E-state index < -0.39 is 242 Å². The lowest BCUT2D eigenvalue weighted by molar-refractivity contribution is -0.383. The Balaban J connectivity index is 1.38. The van der Waals surface area contributed by atoms with Crippen LogP contribution in [0.1, 0.15) is 20.8 Å². The van der Waals surface area contributed by atoms with Gasteiger partial charge in [-0.2, -0.15) is 0 Å². The minimum absolute atomic E-state index is 0.765. The second-order valence-electron chi connectivity index (χ2n) is 18.7. The van der Waals surface area contributed by atoms with E-state index in [1.165, 1.54) is 0 Å². The zero-order chi connectivity index (χ0) is 56.6. The maximum atomic E-state index is 12.6. The van der Waals surface area contributed by atoms with Crippen LogP contribution >= 0.6 is 0 Å². The quantitative estimate of drug-likeness (QED) is 0.0452. The largest absolute Gasteiger partial charge is 0.394 e. The first-order chi connectivity index (χ1) is 35.9. The van der Waals surface area contributed by atoms with Crippen molar-refractivity contribution in [2.24, 2.45) is 0 Å². The molecule has 0 aliphatic carbocycles. The molecule has 34 heteroatoms. The molecule has 34 nitrogen and oxygen atoms in total. The van der Waals surface area contributed by atoms with Gasteiger partial charge in [-0.25, -0.2) is 0 Å². The number of hydrogen-bond donors (Lipinski definition) is 21. The Morgan fingerprint density at radius 3 is 1.17 bits per heavy atom. The van der Waals surface area contributed by atoms with Gasteiger partial charge >= 0.3 is 0 Å². The number of aliphatic hydroxyl groups is 18. The monoisotopic (exact) mass is 1120 g/mol. The Morgan fingerprint density at radius 2 is 0.789 bits per heavy atom. The predicted molar refractivity (Wildman–Crippen MR) is 236 cm³/mol. The summed E-state index contributed by atoms with van der Waals surface area (Å²) in [6.07, 6.45) is -50.4. The summed E-state index contributed by atoms with van der Waals surface area (Å²) in [5, 5.41) is 199. The van der Waals surface area contributed by atoms with Gasteiger partial charge in [0, 0.05) is 20.8 Å². The molecule has 5 aliphatic rings. The molecule has 5 fully saturated rings. The fraction of sp³-hybridized carbons (Fsp3) is 0.929. The molecule has 21 N–H and O–H groups in total. The summed E-state index contributed by atoms with van der Waals surface area (Å²) in [6.45, 7) is -4.01. The highest BCUT2D eigenvalue weighted by Crippen LogP contribution is 2.36. The molecule has 0 aromatic carbocycles. The smallest absolute Gasteiger partial charge is 0.217 e. The number of rotatable bonds is 23. The Morgan fingerprint density at radius 1 is 0.421 bits per heavy atom. The average Bonchev–Trinajstić information content (AvgIpc) is 3.39. The lowest BCUT2D eigenvalue weighted by Gasteiger charge is -2.50. The molecule has 0 spiro atoms. The van der Waals surface area contributed by atoms with Crippen LogP contribution < -0.4 is 16.0 Å². The maximum absolute atomic E-state index is 12.6. The molecular formula is C42H73N3O31. The SMILES string of the molecule is CC(=O)N[C@H]1[C@H](O[C@@H]2[C@@H](O)[C@@H](CO)O[C@@H](O[C@H]3[C@H](O)[C@@H](NC(C)=O)[C@H](O[C@H]4[C@@H](O)[C@@H](CO)O[C@@H](O[C@@H]([C@@H](O)[C@H](O)CO)[C@H](CO)NC(C)=O)[C@@H]4O)O[C@@H]3CO)[C@@H]2O)O[C@H](CO)[C@@H](O[C@@H]2O[C@H](CO)[C@H](O)[C@H](O)[C@@H]2O)[C@@H]1O. The molecule has 0 radical (unpaired) electrons. The topological polar surface area (TPSA) is 544 Å². The van der Waals surface area contributed by atoms with Crippen LogP contribution in [-0.2, 0) is 61.8 Å². The average molecular weight is 1120 g/mol. The van der Waals surface area contributed by atoms with Gasteiger partial charge in [0.2, 0.25) is 17.7 Å². The molecule has 5 rings (SSSR count). The van der Waals surface area contributed by atoms with E-state index in [1.807, 2.05) is 0 Å². The van der Waals surface area contributed by atoms with E-state index in [0.29, 0.717) is 0 Å². The molecule has 76 heavy (non-hydrogen) atoms. The van der Waals surface area contributed by atoms with E-state index in [2.05, 4.69) is 16.0 Å². The standard InChI is InChI=1S/C42H73N3O31/c1-11(53)43-14(4-46)33(23(57)15(56)5-47)72-41-31(65)36(25(59)17(7-49)68-41)75-39-22(45-13(3)55)28(62)35(20(10-52)71-39)74-42-32(66)37(26(60)18(8-50)69-42)76-38-21(44-12(2)54)27(61)34(19(9-51)70-38)73-40-30(64)29(63)24(58)16(6-48)67-40/h14-42,46-52,56-66H,4-10H2,1-3H3,(H,43,53)(H,44,54)(H,45,55)/t14-,15+,16+,17+,18+,19+,20+,21+,22+,23-,24-,25-,26-,27+,28+,29-,30-,31+,32+,33+,34+,35+,36-,37+,38-,39-,40-,41-,42-/m0/s1. The van der Waals surface area contributed by atoms with Crippen molar-refractivity contribution in [3.8, 4) is 0 Å². The molecule has 0 unspecified atom stereocenters. The molecule has 0 saturated carbocycles. The number of hydrogen-bond acceptors (Lipinski definition) is 31. The number of carbonyl (C=O) groups excluding carboxylic acids is 3. The van der Waals surface area contributed by atoms with Crippen molar-refractivity contribution in [1.29, 1.82) is 0 Å². The van der Waals surface area contributed by atoms with Crippen LogP contribution in [0.25, 0.3) is 0 Å². The van der Waals surface area contributed by atoms with Gasteiger partial charge in [-0.3, -0.25) is 14.4 Å². The van der Waals surface area contributed by atoms with E-state index in [4.69, 9.17) is 47.4 Å². The zero-order valence-corrected chi connectivity index (χ0v) is 41.0. The van der Waals surface area contributed by atoms with E-state index in [1.54, 1.807) is 0 Å². The fourth-order valence-electron chi connectivity index (χ4n) is 9.32. The van der Waals surface area contributed by atoms with Crippen LogP contribution in [0.3, 0.4) is 0 Å². The van der Waals surface area contributed by atoms with Crippen molar-refractivity contribution in [1.82, 2.24) is 16.0 Å². The molecule has 442 valence electrons. The van der Waals surface area contributed by atoms with E-state index >= 15 is 0 Å². The van der Waals surface area contributed by atoms with Gasteiger partial charge < -0.3 is 155 Å². The summed E-state index contributed by atoms with van der Waals surface area (Å²) < 4.78 is 57.5. The Kier molecular flexibility index (Phi) is 24.1. The summed E-state index contributed by atoms with van der Waals surface area (Å²) in [6, 6.07) is -5.13.